The molecule has 1 aromatic rings. The minimum Gasteiger partial charge on any atom is -0.515 e. The van der Waals surface area contributed by atoms with Crippen molar-refractivity contribution in [1.29, 1.82) is 0 Å². The van der Waals surface area contributed by atoms with Gasteiger partial charge >= 0.3 is 0 Å². The minimum atomic E-state index is -0.0406. The monoisotopic (exact) mass is 188 g/mol. The maximum absolute atomic E-state index is 11.8. The van der Waals surface area contributed by atoms with Crippen molar-refractivity contribution >= 4 is 5.78 Å². The smallest absolute Gasteiger partial charge is 0.192 e. The van der Waals surface area contributed by atoms with Gasteiger partial charge in [-0.25, -0.2) is 0 Å². The highest BCUT2D eigenvalue weighted by atomic mass is 16.2. The molecule has 1 aromatic carbocycles. The second-order valence-electron chi connectivity index (χ2n) is 3.68. The Labute approximate surface area is 82.9 Å². The Balaban J connectivity index is 2.57. The number of carbonyl (C=O) groups excluding carboxylic acids is 1. The second kappa shape index (κ2) is 3.29. The third kappa shape index (κ3) is 1.23. The highest BCUT2D eigenvalue weighted by molar-refractivity contribution is 6.10. The van der Waals surface area contributed by atoms with Crippen LogP contribution in [0.4, 0.5) is 0 Å². The summed E-state index contributed by atoms with van der Waals surface area (Å²) in [6.07, 6.45) is 1.57. The number of Topliss-reactive ketones (excluding diaryl/α,β-unsaturated/α-hetero) is 1. The van der Waals surface area contributed by atoms with Crippen LogP contribution in [-0.2, 0) is 0 Å². The molecule has 0 saturated carbocycles. The van der Waals surface area contributed by atoms with Crippen molar-refractivity contribution in [2.45, 2.75) is 19.3 Å². The first-order valence-corrected chi connectivity index (χ1v) is 4.71. The first-order chi connectivity index (χ1) is 6.74. The fourth-order valence-electron chi connectivity index (χ4n) is 1.95. The van der Waals surface area contributed by atoms with Gasteiger partial charge in [-0.3, -0.25) is 4.79 Å². The van der Waals surface area contributed by atoms with Crippen LogP contribution in [0.5, 0.6) is 0 Å². The summed E-state index contributed by atoms with van der Waals surface area (Å²) in [5.41, 5.74) is 2.32. The average molecular weight is 188 g/mol. The molecule has 2 rings (SSSR count). The molecule has 72 valence electrons. The molecule has 1 N–H and O–H groups in total. The van der Waals surface area contributed by atoms with Crippen LogP contribution >= 0.6 is 0 Å². The number of benzene rings is 1. The molecular formula is C12H12O2. The number of hydrogen-bond donors (Lipinski definition) is 1. The molecule has 0 aliphatic heterocycles. The molecule has 1 atom stereocenters. The number of carbonyl (C=O) groups is 1. The Kier molecular flexibility index (Phi) is 2.12. The quantitative estimate of drug-likeness (QED) is 0.502. The SMILES string of the molecule is CC1C/C(=C/O)C(=O)c2ccccc21. The number of allylic oxidation sites excluding steroid dienone is 1. The van der Waals surface area contributed by atoms with Gasteiger partial charge in [0.15, 0.2) is 5.78 Å². The summed E-state index contributed by atoms with van der Waals surface area (Å²) in [6, 6.07) is 7.59. The Bertz CT molecular complexity index is 405. The van der Waals surface area contributed by atoms with E-state index in [4.69, 9.17) is 5.11 Å². The molecule has 0 amide bonds. The van der Waals surface area contributed by atoms with Gasteiger partial charge < -0.3 is 5.11 Å². The van der Waals surface area contributed by atoms with Crippen molar-refractivity contribution < 1.29 is 9.90 Å². The van der Waals surface area contributed by atoms with Crippen LogP contribution in [0.2, 0.25) is 0 Å². The zero-order valence-electron chi connectivity index (χ0n) is 8.03. The molecule has 0 heterocycles. The normalized spacial score (nSPS) is 23.6. The van der Waals surface area contributed by atoms with Crippen LogP contribution < -0.4 is 0 Å². The summed E-state index contributed by atoms with van der Waals surface area (Å²) >= 11 is 0. The van der Waals surface area contributed by atoms with Crippen molar-refractivity contribution in [2.24, 2.45) is 0 Å². The summed E-state index contributed by atoms with van der Waals surface area (Å²) in [7, 11) is 0. The molecule has 0 spiro atoms. The third-order valence-corrected chi connectivity index (χ3v) is 2.71. The molecule has 0 radical (unpaired) electrons. The molecule has 2 heteroatoms. The van der Waals surface area contributed by atoms with Crippen LogP contribution in [0.15, 0.2) is 36.1 Å². The van der Waals surface area contributed by atoms with Crippen molar-refractivity contribution in [3.05, 3.63) is 47.2 Å². The summed E-state index contributed by atoms with van der Waals surface area (Å²) < 4.78 is 0. The van der Waals surface area contributed by atoms with Gasteiger partial charge in [0.05, 0.1) is 6.26 Å². The molecule has 0 bridgehead atoms. The van der Waals surface area contributed by atoms with Gasteiger partial charge in [-0.05, 0) is 17.9 Å². The summed E-state index contributed by atoms with van der Waals surface area (Å²) in [4.78, 5) is 11.8. The van der Waals surface area contributed by atoms with E-state index in [0.29, 0.717) is 17.9 Å². The lowest BCUT2D eigenvalue weighted by Gasteiger charge is -2.22. The predicted molar refractivity (Wildman–Crippen MR) is 54.5 cm³/mol. The summed E-state index contributed by atoms with van der Waals surface area (Å²) in [5, 5.41) is 8.92. The highest BCUT2D eigenvalue weighted by Gasteiger charge is 2.26. The largest absolute Gasteiger partial charge is 0.515 e. The first-order valence-electron chi connectivity index (χ1n) is 4.71. The Morgan fingerprint density at radius 1 is 1.43 bits per heavy atom. The molecule has 0 saturated heterocycles. The summed E-state index contributed by atoms with van der Waals surface area (Å²) in [5.74, 6) is 0.267. The molecule has 1 unspecified atom stereocenters. The van der Waals surface area contributed by atoms with Crippen molar-refractivity contribution in [2.75, 3.05) is 0 Å². The van der Waals surface area contributed by atoms with Crippen LogP contribution in [0.1, 0.15) is 35.2 Å². The van der Waals surface area contributed by atoms with E-state index in [-0.39, 0.29) is 5.78 Å². The zero-order chi connectivity index (χ0) is 10.1. The van der Waals surface area contributed by atoms with Crippen LogP contribution in [-0.4, -0.2) is 10.9 Å². The Morgan fingerprint density at radius 3 is 2.86 bits per heavy atom. The minimum absolute atomic E-state index is 0.0406. The van der Waals surface area contributed by atoms with Gasteiger partial charge in [-0.15, -0.1) is 0 Å². The van der Waals surface area contributed by atoms with Crippen LogP contribution in [0.3, 0.4) is 0 Å². The first kappa shape index (κ1) is 9.00. The van der Waals surface area contributed by atoms with E-state index < -0.39 is 0 Å². The molecular weight excluding hydrogens is 176 g/mol. The number of rotatable bonds is 0. The second-order valence-corrected chi connectivity index (χ2v) is 3.68. The van der Waals surface area contributed by atoms with Crippen LogP contribution in [0.25, 0.3) is 0 Å². The van der Waals surface area contributed by atoms with Gasteiger partial charge in [0.1, 0.15) is 0 Å². The lowest BCUT2D eigenvalue weighted by Crippen LogP contribution is -2.16. The maximum Gasteiger partial charge on any atom is 0.192 e. The number of hydrogen-bond acceptors (Lipinski definition) is 2. The van der Waals surface area contributed by atoms with E-state index >= 15 is 0 Å². The van der Waals surface area contributed by atoms with Gasteiger partial charge in [0, 0.05) is 11.1 Å². The molecule has 1 aliphatic carbocycles. The molecule has 0 fully saturated rings. The molecule has 2 nitrogen and oxygen atoms in total. The lowest BCUT2D eigenvalue weighted by atomic mass is 9.81. The predicted octanol–water partition coefficient (Wildman–Crippen LogP) is 2.82. The maximum atomic E-state index is 11.8. The fraction of sp³-hybridized carbons (Fsp3) is 0.250. The highest BCUT2D eigenvalue weighted by Crippen LogP contribution is 2.33. The molecule has 14 heavy (non-hydrogen) atoms. The standard InChI is InChI=1S/C12H12O2/c1-8-6-9(7-13)12(14)11-5-3-2-4-10(8)11/h2-5,7-8,13H,6H2,1H3/b9-7-. The number of ketones is 1. The van der Waals surface area contributed by atoms with Crippen LogP contribution in [0, 0.1) is 0 Å². The van der Waals surface area contributed by atoms with E-state index in [1.807, 2.05) is 24.3 Å². The summed E-state index contributed by atoms with van der Waals surface area (Å²) in [6.45, 7) is 2.06. The van der Waals surface area contributed by atoms with E-state index in [0.717, 1.165) is 17.4 Å². The number of fused-ring (bicyclic) bond motifs is 1. The van der Waals surface area contributed by atoms with Gasteiger partial charge in [-0.2, -0.15) is 0 Å². The number of aliphatic hydroxyl groups is 1. The van der Waals surface area contributed by atoms with E-state index in [2.05, 4.69) is 6.92 Å². The van der Waals surface area contributed by atoms with Gasteiger partial charge in [-0.1, -0.05) is 31.2 Å². The van der Waals surface area contributed by atoms with Crippen molar-refractivity contribution in [3.63, 3.8) is 0 Å². The van der Waals surface area contributed by atoms with Crippen molar-refractivity contribution in [1.82, 2.24) is 0 Å². The zero-order valence-corrected chi connectivity index (χ0v) is 8.03. The topological polar surface area (TPSA) is 37.3 Å². The van der Waals surface area contributed by atoms with Gasteiger partial charge in [0.25, 0.3) is 0 Å². The molecule has 1 aliphatic rings. The fourth-order valence-corrected chi connectivity index (χ4v) is 1.95. The molecule has 0 aromatic heterocycles. The Hall–Kier alpha value is -1.57. The lowest BCUT2D eigenvalue weighted by molar-refractivity contribution is 0.102. The van der Waals surface area contributed by atoms with Crippen molar-refractivity contribution in [3.8, 4) is 0 Å². The van der Waals surface area contributed by atoms with E-state index in [1.54, 1.807) is 0 Å². The van der Waals surface area contributed by atoms with Gasteiger partial charge in [0.2, 0.25) is 0 Å². The number of aliphatic hydroxyl groups excluding tert-OH is 1. The van der Waals surface area contributed by atoms with E-state index in [1.165, 1.54) is 0 Å². The average Bonchev–Trinajstić information content (AvgIpc) is 2.23. The van der Waals surface area contributed by atoms with E-state index in [9.17, 15) is 4.79 Å². The Morgan fingerprint density at radius 2 is 2.14 bits per heavy atom. The third-order valence-electron chi connectivity index (χ3n) is 2.71.